The molecule has 1 aromatic carbocycles. The number of nitrogens with two attached hydrogens (primary N) is 1. The highest BCUT2D eigenvalue weighted by Crippen LogP contribution is 2.22. The zero-order valence-electron chi connectivity index (χ0n) is 13.3. The Bertz CT molecular complexity index is 879. The molecule has 0 aliphatic carbocycles. The van der Waals surface area contributed by atoms with Crippen molar-refractivity contribution in [1.29, 1.82) is 0 Å². The molecule has 2 heterocycles. The Morgan fingerprint density at radius 3 is 2.42 bits per heavy atom. The summed E-state index contributed by atoms with van der Waals surface area (Å²) in [6.45, 7) is 1.45. The molecule has 0 atom stereocenters. The number of amides is 1. The summed E-state index contributed by atoms with van der Waals surface area (Å²) in [6, 6.07) is 5.30. The van der Waals surface area contributed by atoms with Gasteiger partial charge in [0, 0.05) is 19.3 Å². The van der Waals surface area contributed by atoms with Crippen molar-refractivity contribution in [2.75, 3.05) is 24.2 Å². The van der Waals surface area contributed by atoms with E-state index in [4.69, 9.17) is 5.73 Å². The number of primary amides is 1. The fourth-order valence-electron chi connectivity index (χ4n) is 2.77. The van der Waals surface area contributed by atoms with Crippen molar-refractivity contribution in [2.45, 2.75) is 17.7 Å². The van der Waals surface area contributed by atoms with Crippen LogP contribution in [-0.2, 0) is 22.7 Å². The van der Waals surface area contributed by atoms with Crippen LogP contribution in [0.25, 0.3) is 0 Å². The highest BCUT2D eigenvalue weighted by Gasteiger charge is 2.18. The lowest BCUT2D eigenvalue weighted by Crippen LogP contribution is -2.27. The molecule has 1 aromatic heterocycles. The van der Waals surface area contributed by atoms with Crippen molar-refractivity contribution < 1.29 is 13.2 Å². The zero-order chi connectivity index (χ0) is 17.3. The van der Waals surface area contributed by atoms with Crippen molar-refractivity contribution in [3.05, 3.63) is 47.4 Å². The number of nitrogens with zero attached hydrogens (tertiary/aromatic N) is 3. The van der Waals surface area contributed by atoms with Crippen molar-refractivity contribution >= 4 is 21.6 Å². The van der Waals surface area contributed by atoms with Crippen LogP contribution in [0.1, 0.15) is 21.6 Å². The summed E-state index contributed by atoms with van der Waals surface area (Å²) in [5.74, 6) is 0.0711. The average Bonchev–Trinajstić information content (AvgIpc) is 2.76. The van der Waals surface area contributed by atoms with E-state index in [0.717, 1.165) is 30.5 Å². The third-order valence-corrected chi connectivity index (χ3v) is 5.23. The number of fused-ring (bicyclic) bond motifs is 1. The fraction of sp³-hybridized carbons (Fsp3) is 0.312. The maximum atomic E-state index is 11.7. The molecule has 2 aromatic rings. The summed E-state index contributed by atoms with van der Waals surface area (Å²) in [5, 5.41) is 0. The van der Waals surface area contributed by atoms with Crippen LogP contribution >= 0.6 is 0 Å². The summed E-state index contributed by atoms with van der Waals surface area (Å²) in [4.78, 5) is 21.8. The third-order valence-electron chi connectivity index (χ3n) is 4.12. The van der Waals surface area contributed by atoms with Crippen molar-refractivity contribution in [2.24, 2.45) is 5.73 Å². The molecule has 126 valence electrons. The first kappa shape index (κ1) is 16.4. The Hall–Kier alpha value is -2.48. The minimum absolute atomic E-state index is 0.134. The second-order valence-corrected chi connectivity index (χ2v) is 7.83. The summed E-state index contributed by atoms with van der Waals surface area (Å²) in [7, 11) is -3.21. The highest BCUT2D eigenvalue weighted by atomic mass is 32.2. The molecular weight excluding hydrogens is 328 g/mol. The Morgan fingerprint density at radius 2 is 1.83 bits per heavy atom. The van der Waals surface area contributed by atoms with Gasteiger partial charge in [-0.3, -0.25) is 4.79 Å². The first-order valence-corrected chi connectivity index (χ1v) is 9.42. The summed E-state index contributed by atoms with van der Waals surface area (Å²) >= 11 is 0. The van der Waals surface area contributed by atoms with Gasteiger partial charge in [0.15, 0.2) is 9.84 Å². The standard InChI is InChI=1S/C16H18N4O3S/c1-24(22,23)13-3-2-11-4-6-20(7-5-12(11)8-13)15-10-18-14(9-19-15)16(17)21/h2-3,8-10H,4-7H2,1H3,(H2,17,21). The number of anilines is 1. The summed E-state index contributed by atoms with van der Waals surface area (Å²) in [6.07, 6.45) is 5.64. The van der Waals surface area contributed by atoms with E-state index in [9.17, 15) is 13.2 Å². The molecule has 1 aliphatic rings. The smallest absolute Gasteiger partial charge is 0.268 e. The van der Waals surface area contributed by atoms with Crippen LogP contribution in [0.3, 0.4) is 0 Å². The van der Waals surface area contributed by atoms with Crippen LogP contribution in [0, 0.1) is 0 Å². The van der Waals surface area contributed by atoms with E-state index in [-0.39, 0.29) is 5.69 Å². The van der Waals surface area contributed by atoms with Crippen LogP contribution in [0.4, 0.5) is 5.82 Å². The Labute approximate surface area is 140 Å². The number of aromatic nitrogens is 2. The number of carbonyl (C=O) groups excluding carboxylic acids is 1. The topological polar surface area (TPSA) is 106 Å². The maximum Gasteiger partial charge on any atom is 0.268 e. The highest BCUT2D eigenvalue weighted by molar-refractivity contribution is 7.90. The van der Waals surface area contributed by atoms with Gasteiger partial charge in [-0.2, -0.15) is 0 Å². The quantitative estimate of drug-likeness (QED) is 0.871. The molecule has 0 unspecified atom stereocenters. The summed E-state index contributed by atoms with van der Waals surface area (Å²) in [5.41, 5.74) is 7.49. The van der Waals surface area contributed by atoms with E-state index >= 15 is 0 Å². The molecule has 0 radical (unpaired) electrons. The van der Waals surface area contributed by atoms with Crippen LogP contribution < -0.4 is 10.6 Å². The molecule has 8 heteroatoms. The van der Waals surface area contributed by atoms with E-state index in [2.05, 4.69) is 14.9 Å². The van der Waals surface area contributed by atoms with Gasteiger partial charge >= 0.3 is 0 Å². The van der Waals surface area contributed by atoms with Gasteiger partial charge in [-0.1, -0.05) is 6.07 Å². The fourth-order valence-corrected chi connectivity index (χ4v) is 3.44. The lowest BCUT2D eigenvalue weighted by atomic mass is 10.0. The van der Waals surface area contributed by atoms with E-state index in [1.165, 1.54) is 18.6 Å². The predicted molar refractivity (Wildman–Crippen MR) is 89.7 cm³/mol. The van der Waals surface area contributed by atoms with Gasteiger partial charge in [0.2, 0.25) is 0 Å². The number of rotatable bonds is 3. The van der Waals surface area contributed by atoms with Gasteiger partial charge < -0.3 is 10.6 Å². The molecule has 0 bridgehead atoms. The van der Waals surface area contributed by atoms with Gasteiger partial charge in [-0.25, -0.2) is 18.4 Å². The third kappa shape index (κ3) is 3.38. The molecule has 3 rings (SSSR count). The molecule has 0 spiro atoms. The van der Waals surface area contributed by atoms with E-state index < -0.39 is 15.7 Å². The van der Waals surface area contributed by atoms with Gasteiger partial charge in [-0.15, -0.1) is 0 Å². The van der Waals surface area contributed by atoms with Crippen molar-refractivity contribution in [3.8, 4) is 0 Å². The first-order chi connectivity index (χ1) is 11.3. The number of hydrogen-bond acceptors (Lipinski definition) is 6. The number of carbonyl (C=O) groups is 1. The summed E-state index contributed by atoms with van der Waals surface area (Å²) < 4.78 is 23.4. The molecule has 1 amide bonds. The zero-order valence-corrected chi connectivity index (χ0v) is 14.1. The SMILES string of the molecule is CS(=O)(=O)c1ccc2c(c1)CCN(c1cnc(C(N)=O)cn1)CC2. The van der Waals surface area contributed by atoms with Crippen molar-refractivity contribution in [3.63, 3.8) is 0 Å². The van der Waals surface area contributed by atoms with Crippen LogP contribution in [0.2, 0.25) is 0 Å². The second kappa shape index (κ2) is 6.20. The van der Waals surface area contributed by atoms with E-state index in [1.54, 1.807) is 12.1 Å². The monoisotopic (exact) mass is 346 g/mol. The molecule has 7 nitrogen and oxygen atoms in total. The van der Waals surface area contributed by atoms with Gasteiger partial charge in [0.05, 0.1) is 17.3 Å². The van der Waals surface area contributed by atoms with Crippen LogP contribution in [0.5, 0.6) is 0 Å². The van der Waals surface area contributed by atoms with Crippen LogP contribution in [0.15, 0.2) is 35.5 Å². The Kier molecular flexibility index (Phi) is 4.23. The largest absolute Gasteiger partial charge is 0.364 e. The number of hydrogen-bond donors (Lipinski definition) is 1. The molecule has 24 heavy (non-hydrogen) atoms. The van der Waals surface area contributed by atoms with Crippen LogP contribution in [-0.4, -0.2) is 43.6 Å². The Morgan fingerprint density at radius 1 is 1.12 bits per heavy atom. The average molecular weight is 346 g/mol. The predicted octanol–water partition coefficient (Wildman–Crippen LogP) is 0.584. The molecule has 0 saturated carbocycles. The van der Waals surface area contributed by atoms with Gasteiger partial charge in [0.25, 0.3) is 5.91 Å². The second-order valence-electron chi connectivity index (χ2n) is 5.81. The minimum Gasteiger partial charge on any atom is -0.364 e. The van der Waals surface area contributed by atoms with Crippen molar-refractivity contribution in [1.82, 2.24) is 9.97 Å². The molecule has 1 aliphatic heterocycles. The first-order valence-electron chi connectivity index (χ1n) is 7.53. The van der Waals surface area contributed by atoms with E-state index in [0.29, 0.717) is 17.3 Å². The van der Waals surface area contributed by atoms with Gasteiger partial charge in [0.1, 0.15) is 11.5 Å². The van der Waals surface area contributed by atoms with Gasteiger partial charge in [-0.05, 0) is 36.1 Å². The van der Waals surface area contributed by atoms with E-state index in [1.807, 2.05) is 6.07 Å². The molecule has 2 N–H and O–H groups in total. The molecule has 0 saturated heterocycles. The lowest BCUT2D eigenvalue weighted by molar-refractivity contribution is 0.0995. The normalized spacial score (nSPS) is 14.8. The maximum absolute atomic E-state index is 11.7. The molecule has 0 fully saturated rings. The minimum atomic E-state index is -3.21. The lowest BCUT2D eigenvalue weighted by Gasteiger charge is -2.20. The number of benzene rings is 1. The molecular formula is C16H18N4O3S. The number of sulfone groups is 1. The Balaban J connectivity index is 1.81.